The molecule has 0 bridgehead atoms. The number of hydrogen-bond acceptors (Lipinski definition) is 6. The fourth-order valence-corrected chi connectivity index (χ4v) is 3.72. The highest BCUT2D eigenvalue weighted by atomic mass is 32.2. The van der Waals surface area contributed by atoms with E-state index < -0.39 is 15.9 Å². The van der Waals surface area contributed by atoms with Gasteiger partial charge in [0.15, 0.2) is 0 Å². The molecular weight excluding hydrogens is 390 g/mol. The molecule has 0 saturated carbocycles. The van der Waals surface area contributed by atoms with Gasteiger partial charge in [-0.1, -0.05) is 6.07 Å². The van der Waals surface area contributed by atoms with Crippen LogP contribution in [0, 0.1) is 0 Å². The highest BCUT2D eigenvalue weighted by molar-refractivity contribution is 7.91. The highest BCUT2D eigenvalue weighted by Gasteiger charge is 2.18. The Hall–Kier alpha value is -3.46. The summed E-state index contributed by atoms with van der Waals surface area (Å²) < 4.78 is 25.5. The third kappa shape index (κ3) is 5.08. The summed E-state index contributed by atoms with van der Waals surface area (Å²) in [5.74, 6) is 0.667. The normalized spacial score (nSPS) is 11.0. The van der Waals surface area contributed by atoms with E-state index in [9.17, 15) is 13.2 Å². The maximum absolute atomic E-state index is 12.7. The SMILES string of the molecule is CN(C)c1ccc(S(=O)(=O)c2ccc(NC(=O)NCc3cccnc3)cc2)cn1. The van der Waals surface area contributed by atoms with E-state index in [1.54, 1.807) is 29.4 Å². The molecule has 29 heavy (non-hydrogen) atoms. The number of aromatic nitrogens is 2. The van der Waals surface area contributed by atoms with Gasteiger partial charge in [0.1, 0.15) is 5.82 Å². The van der Waals surface area contributed by atoms with Gasteiger partial charge in [-0.05, 0) is 48.0 Å². The number of nitrogens with one attached hydrogen (secondary N) is 2. The minimum atomic E-state index is -3.69. The number of carbonyl (C=O) groups excluding carboxylic acids is 1. The maximum atomic E-state index is 12.7. The predicted octanol–water partition coefficient (Wildman–Crippen LogP) is 2.70. The van der Waals surface area contributed by atoms with Crippen LogP contribution in [0.25, 0.3) is 0 Å². The Balaban J connectivity index is 1.65. The molecule has 0 spiro atoms. The van der Waals surface area contributed by atoms with E-state index in [-0.39, 0.29) is 9.79 Å². The average Bonchev–Trinajstić information content (AvgIpc) is 2.73. The van der Waals surface area contributed by atoms with Gasteiger partial charge in [0.25, 0.3) is 0 Å². The minimum absolute atomic E-state index is 0.109. The van der Waals surface area contributed by atoms with Crippen LogP contribution >= 0.6 is 0 Å². The monoisotopic (exact) mass is 411 g/mol. The van der Waals surface area contributed by atoms with Gasteiger partial charge < -0.3 is 15.5 Å². The molecule has 0 saturated heterocycles. The predicted molar refractivity (Wildman–Crippen MR) is 111 cm³/mol. The summed E-state index contributed by atoms with van der Waals surface area (Å²) in [5, 5.41) is 5.38. The van der Waals surface area contributed by atoms with Crippen LogP contribution in [0.1, 0.15) is 5.56 Å². The van der Waals surface area contributed by atoms with E-state index in [1.807, 2.05) is 20.2 Å². The smallest absolute Gasteiger partial charge is 0.319 e. The Morgan fingerprint density at radius 1 is 1.00 bits per heavy atom. The first-order valence-corrected chi connectivity index (χ1v) is 10.3. The van der Waals surface area contributed by atoms with E-state index in [1.165, 1.54) is 36.5 Å². The van der Waals surface area contributed by atoms with Crippen molar-refractivity contribution in [1.29, 1.82) is 0 Å². The van der Waals surface area contributed by atoms with Gasteiger partial charge in [0, 0.05) is 44.9 Å². The summed E-state index contributed by atoms with van der Waals surface area (Å²) in [6.45, 7) is 0.335. The number of carbonyl (C=O) groups is 1. The number of amides is 2. The average molecular weight is 411 g/mol. The third-order valence-corrected chi connectivity index (χ3v) is 5.84. The van der Waals surface area contributed by atoms with Crippen molar-refractivity contribution in [2.75, 3.05) is 24.3 Å². The molecule has 2 heterocycles. The van der Waals surface area contributed by atoms with Gasteiger partial charge in [-0.25, -0.2) is 18.2 Å². The van der Waals surface area contributed by atoms with Crippen LogP contribution in [0.15, 0.2) is 76.9 Å². The summed E-state index contributed by atoms with van der Waals surface area (Å²) in [7, 11) is -0.0322. The Labute approximate surface area is 169 Å². The number of sulfone groups is 1. The first-order chi connectivity index (χ1) is 13.9. The van der Waals surface area contributed by atoms with Gasteiger partial charge in [-0.15, -0.1) is 0 Å². The van der Waals surface area contributed by atoms with Crippen molar-refractivity contribution in [2.45, 2.75) is 16.3 Å². The van der Waals surface area contributed by atoms with Gasteiger partial charge in [0.05, 0.1) is 9.79 Å². The number of benzene rings is 1. The van der Waals surface area contributed by atoms with E-state index >= 15 is 0 Å². The van der Waals surface area contributed by atoms with E-state index in [2.05, 4.69) is 20.6 Å². The largest absolute Gasteiger partial charge is 0.363 e. The Morgan fingerprint density at radius 3 is 2.31 bits per heavy atom. The fourth-order valence-electron chi connectivity index (χ4n) is 2.51. The summed E-state index contributed by atoms with van der Waals surface area (Å²) in [5.41, 5.74) is 1.35. The quantitative estimate of drug-likeness (QED) is 0.646. The zero-order chi connectivity index (χ0) is 20.9. The molecule has 150 valence electrons. The second kappa shape index (κ2) is 8.70. The van der Waals surface area contributed by atoms with Gasteiger partial charge in [-0.2, -0.15) is 0 Å². The molecule has 0 atom stereocenters. The molecule has 9 heteroatoms. The Bertz CT molecular complexity index is 1070. The van der Waals surface area contributed by atoms with Crippen LogP contribution in [-0.2, 0) is 16.4 Å². The summed E-state index contributed by atoms with van der Waals surface area (Å²) in [6.07, 6.45) is 4.66. The number of nitrogens with zero attached hydrogens (tertiary/aromatic N) is 3. The Morgan fingerprint density at radius 2 is 1.72 bits per heavy atom. The number of anilines is 2. The maximum Gasteiger partial charge on any atom is 0.319 e. The molecule has 2 N–H and O–H groups in total. The zero-order valence-electron chi connectivity index (χ0n) is 16.0. The number of hydrogen-bond donors (Lipinski definition) is 2. The molecule has 0 aliphatic heterocycles. The Kier molecular flexibility index (Phi) is 6.08. The van der Waals surface area contributed by atoms with Crippen LogP contribution in [-0.4, -0.2) is 38.5 Å². The van der Waals surface area contributed by atoms with Gasteiger partial charge in [0.2, 0.25) is 9.84 Å². The molecule has 0 aliphatic rings. The molecule has 8 nitrogen and oxygen atoms in total. The molecule has 0 aliphatic carbocycles. The van der Waals surface area contributed by atoms with Gasteiger partial charge in [-0.3, -0.25) is 4.98 Å². The zero-order valence-corrected chi connectivity index (χ0v) is 16.8. The van der Waals surface area contributed by atoms with Crippen molar-refractivity contribution in [1.82, 2.24) is 15.3 Å². The van der Waals surface area contributed by atoms with Crippen LogP contribution in [0.3, 0.4) is 0 Å². The lowest BCUT2D eigenvalue weighted by Gasteiger charge is -2.12. The van der Waals surface area contributed by atoms with Crippen LogP contribution in [0.4, 0.5) is 16.3 Å². The molecule has 1 aromatic carbocycles. The van der Waals surface area contributed by atoms with E-state index in [0.29, 0.717) is 18.1 Å². The van der Waals surface area contributed by atoms with Crippen molar-refractivity contribution >= 4 is 27.4 Å². The van der Waals surface area contributed by atoms with Gasteiger partial charge >= 0.3 is 6.03 Å². The summed E-state index contributed by atoms with van der Waals surface area (Å²) >= 11 is 0. The molecule has 0 radical (unpaired) electrons. The topological polar surface area (TPSA) is 104 Å². The molecule has 3 rings (SSSR count). The molecular formula is C20H21N5O3S. The lowest BCUT2D eigenvalue weighted by Crippen LogP contribution is -2.28. The first-order valence-electron chi connectivity index (χ1n) is 8.78. The lowest BCUT2D eigenvalue weighted by molar-refractivity contribution is 0.251. The molecule has 2 aromatic heterocycles. The van der Waals surface area contributed by atoms with Crippen LogP contribution in [0.2, 0.25) is 0 Å². The van der Waals surface area contributed by atoms with Crippen LogP contribution < -0.4 is 15.5 Å². The second-order valence-electron chi connectivity index (χ2n) is 6.44. The summed E-state index contributed by atoms with van der Waals surface area (Å²) in [6, 6.07) is 12.4. The molecule has 3 aromatic rings. The number of pyridine rings is 2. The minimum Gasteiger partial charge on any atom is -0.363 e. The van der Waals surface area contributed by atoms with E-state index in [0.717, 1.165) is 5.56 Å². The fraction of sp³-hybridized carbons (Fsp3) is 0.150. The van der Waals surface area contributed by atoms with Crippen molar-refractivity contribution in [3.8, 4) is 0 Å². The highest BCUT2D eigenvalue weighted by Crippen LogP contribution is 2.23. The molecule has 2 amide bonds. The van der Waals surface area contributed by atoms with E-state index in [4.69, 9.17) is 0 Å². The lowest BCUT2D eigenvalue weighted by atomic mass is 10.3. The third-order valence-electron chi connectivity index (χ3n) is 4.09. The number of rotatable bonds is 6. The molecule has 0 fully saturated rings. The number of urea groups is 1. The van der Waals surface area contributed by atoms with Crippen molar-refractivity contribution < 1.29 is 13.2 Å². The van der Waals surface area contributed by atoms with Crippen molar-refractivity contribution in [3.05, 3.63) is 72.7 Å². The second-order valence-corrected chi connectivity index (χ2v) is 8.39. The summed E-state index contributed by atoms with van der Waals surface area (Å²) in [4.78, 5) is 22.2. The van der Waals surface area contributed by atoms with Crippen molar-refractivity contribution in [2.24, 2.45) is 0 Å². The molecule has 0 unspecified atom stereocenters. The first kappa shape index (κ1) is 20.3. The van der Waals surface area contributed by atoms with Crippen LogP contribution in [0.5, 0.6) is 0 Å². The standard InChI is InChI=1S/C20H21N5O3S/c1-25(2)19-10-9-18(14-22-19)29(27,28)17-7-5-16(6-8-17)24-20(26)23-13-15-4-3-11-21-12-15/h3-12,14H,13H2,1-2H3,(H2,23,24,26). The van der Waals surface area contributed by atoms with Crippen molar-refractivity contribution in [3.63, 3.8) is 0 Å².